The van der Waals surface area contributed by atoms with Gasteiger partial charge in [0, 0.05) is 36.5 Å². The molecule has 0 unspecified atom stereocenters. The van der Waals surface area contributed by atoms with E-state index in [9.17, 15) is 79.2 Å². The molecule has 8 aliphatic rings. The van der Waals surface area contributed by atoms with Gasteiger partial charge in [0.2, 0.25) is 0 Å². The van der Waals surface area contributed by atoms with Crippen molar-refractivity contribution in [2.75, 3.05) is 0 Å². The smallest absolute Gasteiger partial charge is 0.309 e. The summed E-state index contributed by atoms with van der Waals surface area (Å²) in [4.78, 5) is 103. The van der Waals surface area contributed by atoms with Gasteiger partial charge in [-0.1, -0.05) is 175 Å². The predicted molar refractivity (Wildman–Crippen MR) is 465 cm³/mol. The summed E-state index contributed by atoms with van der Waals surface area (Å²) in [5.41, 5.74) is -0.677. The predicted octanol–water partition coefficient (Wildman–Crippen LogP) is 16.0. The van der Waals surface area contributed by atoms with Gasteiger partial charge in [0.25, 0.3) is 0 Å². The molecule has 6 saturated heterocycles. The van der Waals surface area contributed by atoms with E-state index in [1.54, 1.807) is 83.1 Å². The van der Waals surface area contributed by atoms with Crippen LogP contribution in [0.4, 0.5) is 0 Å². The number of ether oxygens (including phenoxy) is 6. The van der Waals surface area contributed by atoms with Crippen LogP contribution in [-0.4, -0.2) is 185 Å². The molecule has 22 heteroatoms. The van der Waals surface area contributed by atoms with Gasteiger partial charge in [-0.25, -0.2) is 0 Å². The fourth-order valence-corrected chi connectivity index (χ4v) is 18.9. The Labute approximate surface area is 721 Å². The third-order valence-corrected chi connectivity index (χ3v) is 30.8. The van der Waals surface area contributed by atoms with Crippen molar-refractivity contribution in [2.24, 2.45) is 91.7 Å². The van der Waals surface area contributed by atoms with Crippen molar-refractivity contribution in [1.29, 1.82) is 0 Å². The second-order valence-corrected chi connectivity index (χ2v) is 41.8. The Kier molecular flexibility index (Phi) is 38.3. The summed E-state index contributed by atoms with van der Waals surface area (Å²) in [6.07, 6.45) is 13.6. The van der Waals surface area contributed by atoms with Crippen LogP contribution in [0.25, 0.3) is 0 Å². The van der Waals surface area contributed by atoms with Crippen LogP contribution in [0.3, 0.4) is 0 Å². The average molecular weight is 1690 g/mol. The molecule has 6 heterocycles. The van der Waals surface area contributed by atoms with E-state index in [1.807, 2.05) is 107 Å². The van der Waals surface area contributed by atoms with Crippen LogP contribution in [0.2, 0.25) is 0 Å². The number of cyclic esters (lactones) is 4. The van der Waals surface area contributed by atoms with Crippen LogP contribution in [0.1, 0.15) is 335 Å². The number of Topliss-reactive ketones (excluding diaryl/α,β-unsaturated/α-hetero) is 4. The lowest BCUT2D eigenvalue weighted by Gasteiger charge is -2.34. The summed E-state index contributed by atoms with van der Waals surface area (Å²) in [7, 11) is 0. The Hall–Kier alpha value is -4.88. The third kappa shape index (κ3) is 27.6. The molecule has 688 valence electrons. The summed E-state index contributed by atoms with van der Waals surface area (Å²) in [6, 6.07) is 0. The Morgan fingerprint density at radius 2 is 0.517 bits per heavy atom. The van der Waals surface area contributed by atoms with Crippen molar-refractivity contribution in [3.63, 3.8) is 0 Å². The first-order chi connectivity index (χ1) is 55.3. The molecule has 0 aromatic carbocycles. The first kappa shape index (κ1) is 106. The van der Waals surface area contributed by atoms with Crippen LogP contribution in [-0.2, 0) is 66.8 Å². The van der Waals surface area contributed by atoms with E-state index in [2.05, 4.69) is 27.7 Å². The number of allylic oxidation sites excluding steroid dienone is 4. The number of hydrogen-bond acceptors (Lipinski definition) is 22. The number of aliphatic hydroxyl groups is 8. The number of ketones is 4. The van der Waals surface area contributed by atoms with Crippen LogP contribution in [0.15, 0.2) is 46.6 Å². The summed E-state index contributed by atoms with van der Waals surface area (Å²) >= 11 is 0. The second kappa shape index (κ2) is 43.5. The zero-order valence-electron chi connectivity index (χ0n) is 79.0. The van der Waals surface area contributed by atoms with Gasteiger partial charge in [-0.2, -0.15) is 0 Å². The van der Waals surface area contributed by atoms with E-state index in [4.69, 9.17) is 28.4 Å². The maximum atomic E-state index is 13.1. The minimum absolute atomic E-state index is 0.00795. The lowest BCUT2D eigenvalue weighted by Crippen LogP contribution is -2.45. The summed E-state index contributed by atoms with van der Waals surface area (Å²) in [5, 5.41) is 85.8. The van der Waals surface area contributed by atoms with Crippen molar-refractivity contribution in [2.45, 2.75) is 432 Å². The van der Waals surface area contributed by atoms with E-state index >= 15 is 0 Å². The van der Waals surface area contributed by atoms with E-state index in [1.165, 1.54) is 0 Å². The lowest BCUT2D eigenvalue weighted by molar-refractivity contribution is -0.156. The zero-order valence-corrected chi connectivity index (χ0v) is 79.0. The zero-order chi connectivity index (χ0) is 91.4. The summed E-state index contributed by atoms with van der Waals surface area (Å²) in [6.45, 7) is 52.1. The lowest BCUT2D eigenvalue weighted by atomic mass is 9.73. The van der Waals surface area contributed by atoms with Crippen LogP contribution in [0.5, 0.6) is 0 Å². The highest BCUT2D eigenvalue weighted by Gasteiger charge is 2.57. The molecule has 120 heavy (non-hydrogen) atoms. The standard InChI is InChI=1S/2C25H42O5.2C24H40O6/c2*1-8-15(2)19-12-18-14-25(18,7)11-9-10-16(3)22(28)17(4)23(29)24(5,6)20(26)13-21(27)30-19;2*1-8-14(2)17-12-19-24(7,30-19)11-9-10-15(3)21(27)16(4)22(28)23(5,6)18(25)13-20(26)29-17/h2*8,16-20,22,26,28H,9-14H2,1-7H3;2*8,15-19,21,25,27H,9-13H2,1-7H3/b2*15-8+;2*14-8+/t16-,17+,18+,19-,20-,22-,25+;16-,17+,18+,19-,20-,22-,25-;15-,16+,17-,18-,19-,21-,24+;15-,16+,17-,18-,19-,21-,24-/m0000/s1. The van der Waals surface area contributed by atoms with E-state index in [-0.39, 0.29) is 119 Å². The number of hydrogen-bond donors (Lipinski definition) is 8. The molecule has 8 rings (SSSR count). The van der Waals surface area contributed by atoms with E-state index in [0.717, 1.165) is 125 Å². The Morgan fingerprint density at radius 3 is 0.725 bits per heavy atom. The number of carbonyl (C=O) groups excluding carboxylic acids is 8. The highest BCUT2D eigenvalue weighted by atomic mass is 16.6. The summed E-state index contributed by atoms with van der Waals surface area (Å²) in [5.74, 6) is -4.47. The molecule has 28 atom stereocenters. The number of aliphatic hydroxyl groups excluding tert-OH is 8. The van der Waals surface area contributed by atoms with Crippen LogP contribution >= 0.6 is 0 Å². The number of esters is 4. The van der Waals surface area contributed by atoms with Gasteiger partial charge in [-0.15, -0.1) is 0 Å². The largest absolute Gasteiger partial charge is 0.458 e. The fourth-order valence-electron chi connectivity index (χ4n) is 18.9. The third-order valence-electron chi connectivity index (χ3n) is 30.8. The van der Waals surface area contributed by atoms with Gasteiger partial charge in [-0.05, 0) is 215 Å². The van der Waals surface area contributed by atoms with Crippen molar-refractivity contribution in [1.82, 2.24) is 0 Å². The Bertz CT molecular complexity index is 3130. The second-order valence-electron chi connectivity index (χ2n) is 41.8. The number of carbonyl (C=O) groups is 8. The highest BCUT2D eigenvalue weighted by Crippen LogP contribution is 2.60. The topological polar surface area (TPSA) is 360 Å². The summed E-state index contributed by atoms with van der Waals surface area (Å²) < 4.78 is 34.9. The van der Waals surface area contributed by atoms with Gasteiger partial charge < -0.3 is 69.3 Å². The Morgan fingerprint density at radius 1 is 0.317 bits per heavy atom. The number of fused-ring (bicyclic) bond motifs is 4. The van der Waals surface area contributed by atoms with E-state index < -0.39 is 130 Å². The monoisotopic (exact) mass is 1690 g/mol. The molecule has 2 aliphatic carbocycles. The highest BCUT2D eigenvalue weighted by molar-refractivity contribution is 5.90. The molecule has 8 N–H and O–H groups in total. The molecule has 0 bridgehead atoms. The van der Waals surface area contributed by atoms with Gasteiger partial charge in [0.1, 0.15) is 47.5 Å². The fraction of sp³-hybridized carbons (Fsp3) is 0.837. The van der Waals surface area contributed by atoms with Gasteiger partial charge in [-0.3, -0.25) is 38.4 Å². The van der Waals surface area contributed by atoms with Gasteiger partial charge >= 0.3 is 23.9 Å². The molecular weight excluding hydrogens is 1530 g/mol. The normalized spacial score (nSPS) is 41.7. The first-order valence-electron chi connectivity index (χ1n) is 45.6. The molecule has 0 radical (unpaired) electrons. The van der Waals surface area contributed by atoms with Crippen molar-refractivity contribution >= 4 is 47.0 Å². The quantitative estimate of drug-likeness (QED) is 0.0561. The molecular formula is C98H164O22. The molecule has 8 fully saturated rings. The van der Waals surface area contributed by atoms with Crippen LogP contribution in [0, 0.1) is 91.7 Å². The SMILES string of the molecule is C/C=C(\C)[C@@H]1C[C@@H]2C[C@@]2(C)CCC[C@H](C)[C@H](O)[C@@H](C)C(=O)C(C)(C)[C@@H](O)CC(=O)O1.C/C=C(\C)[C@@H]1C[C@@H]2C[C@]2(C)CCC[C@H](C)[C@H](O)[C@@H](C)C(=O)C(C)(C)[C@@H](O)CC(=O)O1.C/C=C(\C)[C@@H]1C[C@@H]2O[C@@]2(C)CCC[C@H](C)[C@H](O)[C@@H](C)C(=O)C(C)(C)[C@@H](O)CC(=O)O1.C/C=C(\C)[C@@H]1C[C@@H]2O[C@]2(C)CCC[C@H](C)[C@H](O)[C@@H](C)C(=O)C(C)(C)[C@@H](O)CC(=O)O1. The number of epoxide rings is 2. The molecule has 0 amide bonds. The van der Waals surface area contributed by atoms with E-state index in [0.29, 0.717) is 24.7 Å². The Balaban J connectivity index is 0.000000285. The number of rotatable bonds is 4. The molecule has 0 aromatic heterocycles. The maximum Gasteiger partial charge on any atom is 0.309 e. The van der Waals surface area contributed by atoms with Gasteiger partial charge in [0.05, 0.1) is 120 Å². The molecule has 22 nitrogen and oxygen atoms in total. The van der Waals surface area contributed by atoms with Gasteiger partial charge in [0.15, 0.2) is 0 Å². The average Bonchev–Trinajstić information content (AvgIpc) is 1.62. The van der Waals surface area contributed by atoms with Crippen molar-refractivity contribution in [3.05, 3.63) is 46.6 Å². The van der Waals surface area contributed by atoms with Crippen LogP contribution < -0.4 is 0 Å². The molecule has 2 saturated carbocycles. The molecule has 6 aliphatic heterocycles. The molecule has 0 spiro atoms. The van der Waals surface area contributed by atoms with Crippen molar-refractivity contribution < 1.29 is 108 Å². The molecule has 0 aromatic rings. The first-order valence-corrected chi connectivity index (χ1v) is 45.6. The maximum absolute atomic E-state index is 13.1. The minimum Gasteiger partial charge on any atom is -0.458 e. The minimum atomic E-state index is -1.19. The van der Waals surface area contributed by atoms with Crippen molar-refractivity contribution in [3.8, 4) is 0 Å².